The van der Waals surface area contributed by atoms with Crippen molar-refractivity contribution in [2.45, 2.75) is 6.92 Å². The first-order valence-electron chi connectivity index (χ1n) is 8.56. The van der Waals surface area contributed by atoms with Crippen LogP contribution in [0.3, 0.4) is 0 Å². The first-order valence-corrected chi connectivity index (χ1v) is 8.56. The van der Waals surface area contributed by atoms with Crippen LogP contribution in [-0.2, 0) is 0 Å². The maximum atomic E-state index is 6.27. The van der Waals surface area contributed by atoms with Gasteiger partial charge in [-0.1, -0.05) is 48.0 Å². The highest BCUT2D eigenvalue weighted by Crippen LogP contribution is 2.36. The molecule has 0 saturated heterocycles. The molecule has 0 unspecified atom stereocenters. The highest BCUT2D eigenvalue weighted by Gasteiger charge is 2.12. The van der Waals surface area contributed by atoms with E-state index >= 15 is 0 Å². The summed E-state index contributed by atoms with van der Waals surface area (Å²) in [6.07, 6.45) is 0. The molecule has 2 N–H and O–H groups in total. The van der Waals surface area contributed by atoms with Gasteiger partial charge in [-0.3, -0.25) is 0 Å². The SMILES string of the molecule is COc1ccc2nc(-c3ccc(C)cc3)cc(-c3ccccc3N)c2c1. The maximum Gasteiger partial charge on any atom is 0.119 e. The number of methoxy groups -OCH3 is 1. The van der Waals surface area contributed by atoms with E-state index in [4.69, 9.17) is 15.5 Å². The molecule has 0 spiro atoms. The van der Waals surface area contributed by atoms with Crippen LogP contribution in [0.25, 0.3) is 33.3 Å². The van der Waals surface area contributed by atoms with Gasteiger partial charge in [-0.25, -0.2) is 4.98 Å². The number of hydrogen-bond acceptors (Lipinski definition) is 3. The fraction of sp³-hybridized carbons (Fsp3) is 0.0870. The smallest absolute Gasteiger partial charge is 0.119 e. The number of aryl methyl sites for hydroxylation is 1. The summed E-state index contributed by atoms with van der Waals surface area (Å²) in [5.41, 5.74) is 13.2. The first kappa shape index (κ1) is 16.2. The van der Waals surface area contributed by atoms with Crippen LogP contribution in [0.4, 0.5) is 5.69 Å². The third-order valence-corrected chi connectivity index (χ3v) is 4.61. The van der Waals surface area contributed by atoms with Crippen molar-refractivity contribution in [1.82, 2.24) is 4.98 Å². The van der Waals surface area contributed by atoms with Crippen molar-refractivity contribution in [2.24, 2.45) is 0 Å². The van der Waals surface area contributed by atoms with Gasteiger partial charge in [0.25, 0.3) is 0 Å². The molecule has 0 amide bonds. The monoisotopic (exact) mass is 340 g/mol. The van der Waals surface area contributed by atoms with Crippen molar-refractivity contribution in [2.75, 3.05) is 12.8 Å². The van der Waals surface area contributed by atoms with Crippen LogP contribution in [0.15, 0.2) is 72.8 Å². The standard InChI is InChI=1S/C23H20N2O/c1-15-7-9-16(10-8-15)23-14-19(18-5-3-4-6-21(18)24)20-13-17(26-2)11-12-22(20)25-23/h3-14H,24H2,1-2H3. The van der Waals surface area contributed by atoms with Gasteiger partial charge in [0, 0.05) is 22.2 Å². The predicted molar refractivity (Wildman–Crippen MR) is 108 cm³/mol. The second-order valence-corrected chi connectivity index (χ2v) is 6.39. The van der Waals surface area contributed by atoms with Crippen LogP contribution < -0.4 is 10.5 Å². The highest BCUT2D eigenvalue weighted by atomic mass is 16.5. The van der Waals surface area contributed by atoms with E-state index in [1.54, 1.807) is 7.11 Å². The number of fused-ring (bicyclic) bond motifs is 1. The van der Waals surface area contributed by atoms with Gasteiger partial charge in [0.05, 0.1) is 18.3 Å². The van der Waals surface area contributed by atoms with E-state index in [-0.39, 0.29) is 0 Å². The number of nitrogens with zero attached hydrogens (tertiary/aromatic N) is 1. The van der Waals surface area contributed by atoms with Crippen molar-refractivity contribution >= 4 is 16.6 Å². The van der Waals surface area contributed by atoms with E-state index in [9.17, 15) is 0 Å². The number of ether oxygens (including phenoxy) is 1. The van der Waals surface area contributed by atoms with Crippen LogP contribution >= 0.6 is 0 Å². The van der Waals surface area contributed by atoms with E-state index in [2.05, 4.69) is 37.3 Å². The Hall–Kier alpha value is -3.33. The topological polar surface area (TPSA) is 48.1 Å². The third-order valence-electron chi connectivity index (χ3n) is 4.61. The molecule has 1 heterocycles. The summed E-state index contributed by atoms with van der Waals surface area (Å²) in [5, 5.41) is 1.03. The van der Waals surface area contributed by atoms with Crippen LogP contribution in [-0.4, -0.2) is 12.1 Å². The molecule has 26 heavy (non-hydrogen) atoms. The van der Waals surface area contributed by atoms with Gasteiger partial charge >= 0.3 is 0 Å². The molecular weight excluding hydrogens is 320 g/mol. The lowest BCUT2D eigenvalue weighted by atomic mass is 9.97. The molecule has 3 heteroatoms. The second-order valence-electron chi connectivity index (χ2n) is 6.39. The van der Waals surface area contributed by atoms with Crippen molar-refractivity contribution in [1.29, 1.82) is 0 Å². The fourth-order valence-electron chi connectivity index (χ4n) is 3.17. The Labute approximate surface area is 153 Å². The molecule has 0 saturated carbocycles. The summed E-state index contributed by atoms with van der Waals surface area (Å²) in [7, 11) is 1.67. The molecule has 0 atom stereocenters. The third kappa shape index (κ3) is 2.88. The molecule has 3 nitrogen and oxygen atoms in total. The van der Waals surface area contributed by atoms with Gasteiger partial charge in [-0.2, -0.15) is 0 Å². The molecule has 1 aromatic heterocycles. The summed E-state index contributed by atoms with van der Waals surface area (Å²) < 4.78 is 5.41. The highest BCUT2D eigenvalue weighted by molar-refractivity contribution is 6.00. The number of para-hydroxylation sites is 1. The Kier molecular flexibility index (Phi) is 4.05. The van der Waals surface area contributed by atoms with E-state index in [1.165, 1.54) is 5.56 Å². The minimum Gasteiger partial charge on any atom is -0.497 e. The van der Waals surface area contributed by atoms with Gasteiger partial charge in [-0.15, -0.1) is 0 Å². The number of benzene rings is 3. The molecule has 0 aliphatic heterocycles. The summed E-state index contributed by atoms with van der Waals surface area (Å²) in [5.74, 6) is 0.804. The number of aromatic nitrogens is 1. The van der Waals surface area contributed by atoms with Crippen LogP contribution in [0.1, 0.15) is 5.56 Å². The minimum atomic E-state index is 0.748. The van der Waals surface area contributed by atoms with Gasteiger partial charge in [0.1, 0.15) is 5.75 Å². The Morgan fingerprint density at radius 3 is 2.35 bits per heavy atom. The molecule has 4 aromatic rings. The molecule has 128 valence electrons. The van der Waals surface area contributed by atoms with Crippen molar-refractivity contribution in [3.05, 3.63) is 78.4 Å². The Morgan fingerprint density at radius 2 is 1.62 bits per heavy atom. The van der Waals surface area contributed by atoms with Crippen LogP contribution in [0.2, 0.25) is 0 Å². The lowest BCUT2D eigenvalue weighted by Gasteiger charge is -2.13. The van der Waals surface area contributed by atoms with Gasteiger partial charge in [0.15, 0.2) is 0 Å². The average molecular weight is 340 g/mol. The molecule has 3 aromatic carbocycles. The molecule has 4 rings (SSSR count). The zero-order valence-electron chi connectivity index (χ0n) is 14.9. The quantitative estimate of drug-likeness (QED) is 0.503. The number of pyridine rings is 1. The normalized spacial score (nSPS) is 10.8. The molecule has 0 radical (unpaired) electrons. The van der Waals surface area contributed by atoms with Gasteiger partial charge < -0.3 is 10.5 Å². The van der Waals surface area contributed by atoms with Crippen LogP contribution in [0.5, 0.6) is 5.75 Å². The predicted octanol–water partition coefficient (Wildman–Crippen LogP) is 5.47. The summed E-state index contributed by atoms with van der Waals surface area (Å²) >= 11 is 0. The Balaban J connectivity index is 2.02. The van der Waals surface area contributed by atoms with E-state index in [1.807, 2.05) is 42.5 Å². The van der Waals surface area contributed by atoms with Crippen molar-refractivity contribution in [3.63, 3.8) is 0 Å². The van der Waals surface area contributed by atoms with Gasteiger partial charge in [-0.05, 0) is 42.8 Å². The van der Waals surface area contributed by atoms with E-state index in [0.29, 0.717) is 0 Å². The number of rotatable bonds is 3. The fourth-order valence-corrected chi connectivity index (χ4v) is 3.17. The van der Waals surface area contributed by atoms with Crippen molar-refractivity contribution in [3.8, 4) is 28.1 Å². The van der Waals surface area contributed by atoms with E-state index < -0.39 is 0 Å². The molecular formula is C23H20N2O. The van der Waals surface area contributed by atoms with E-state index in [0.717, 1.165) is 44.7 Å². The number of nitrogen functional groups attached to an aromatic ring is 1. The largest absolute Gasteiger partial charge is 0.497 e. The summed E-state index contributed by atoms with van der Waals surface area (Å²) in [4.78, 5) is 4.87. The van der Waals surface area contributed by atoms with Crippen molar-refractivity contribution < 1.29 is 4.74 Å². The molecule has 0 bridgehead atoms. The van der Waals surface area contributed by atoms with Crippen LogP contribution in [0, 0.1) is 6.92 Å². The summed E-state index contributed by atoms with van der Waals surface area (Å²) in [6, 6.07) is 24.4. The lowest BCUT2D eigenvalue weighted by molar-refractivity contribution is 0.415. The number of nitrogens with two attached hydrogens (primary N) is 1. The first-order chi connectivity index (χ1) is 12.7. The zero-order chi connectivity index (χ0) is 18.1. The lowest BCUT2D eigenvalue weighted by Crippen LogP contribution is -1.94. The maximum absolute atomic E-state index is 6.27. The summed E-state index contributed by atoms with van der Waals surface area (Å²) in [6.45, 7) is 2.08. The van der Waals surface area contributed by atoms with Gasteiger partial charge in [0.2, 0.25) is 0 Å². The second kappa shape index (κ2) is 6.52. The number of anilines is 1. The zero-order valence-corrected chi connectivity index (χ0v) is 14.9. The Morgan fingerprint density at radius 1 is 0.846 bits per heavy atom. The molecule has 0 aliphatic carbocycles. The average Bonchev–Trinajstić information content (AvgIpc) is 2.68. The molecule has 0 aliphatic rings. The minimum absolute atomic E-state index is 0.748. The molecule has 0 fully saturated rings. The number of hydrogen-bond donors (Lipinski definition) is 1. The Bertz CT molecular complexity index is 1090.